The Bertz CT molecular complexity index is 426. The maximum atomic E-state index is 12.1. The number of hydrogen-bond acceptors (Lipinski definition) is 2. The normalized spacial score (nSPS) is 17.0. The molecule has 0 radical (unpaired) electrons. The fourth-order valence-corrected chi connectivity index (χ4v) is 2.24. The molecule has 5 heteroatoms. The van der Waals surface area contributed by atoms with Crippen molar-refractivity contribution in [1.29, 1.82) is 0 Å². The Kier molecular flexibility index (Phi) is 5.65. The molecule has 0 bridgehead atoms. The van der Waals surface area contributed by atoms with Crippen LogP contribution in [0.5, 0.6) is 0 Å². The van der Waals surface area contributed by atoms with Gasteiger partial charge in [0.05, 0.1) is 0 Å². The predicted molar refractivity (Wildman–Crippen MR) is 76.4 cm³/mol. The van der Waals surface area contributed by atoms with Crippen LogP contribution in [0.15, 0.2) is 24.3 Å². The van der Waals surface area contributed by atoms with Gasteiger partial charge in [0.25, 0.3) is 0 Å². The van der Waals surface area contributed by atoms with Crippen LogP contribution in [0.2, 0.25) is 0 Å². The van der Waals surface area contributed by atoms with E-state index in [1.807, 2.05) is 19.1 Å². The SMILES string of the molecule is Cc1ccc(C(CCOCC(F)(F)F)CNC2CC2)cc1. The lowest BCUT2D eigenvalue weighted by molar-refractivity contribution is -0.174. The summed E-state index contributed by atoms with van der Waals surface area (Å²) in [7, 11) is 0. The van der Waals surface area contributed by atoms with Gasteiger partial charge in [0.1, 0.15) is 6.61 Å². The second kappa shape index (κ2) is 7.27. The predicted octanol–water partition coefficient (Wildman–Crippen LogP) is 3.80. The zero-order valence-electron chi connectivity index (χ0n) is 12.2. The lowest BCUT2D eigenvalue weighted by Gasteiger charge is -2.19. The molecular formula is C16H22F3NO. The van der Waals surface area contributed by atoms with E-state index in [9.17, 15) is 13.2 Å². The molecule has 0 heterocycles. The smallest absolute Gasteiger partial charge is 0.372 e. The highest BCUT2D eigenvalue weighted by molar-refractivity contribution is 5.24. The summed E-state index contributed by atoms with van der Waals surface area (Å²) in [5.74, 6) is 0.194. The summed E-state index contributed by atoms with van der Waals surface area (Å²) in [6.45, 7) is 1.78. The second-order valence-corrected chi connectivity index (χ2v) is 5.75. The molecule has 1 aliphatic carbocycles. The number of rotatable bonds is 8. The molecule has 1 fully saturated rings. The summed E-state index contributed by atoms with van der Waals surface area (Å²) in [5.41, 5.74) is 2.34. The molecule has 118 valence electrons. The van der Waals surface area contributed by atoms with Crippen LogP contribution in [0.3, 0.4) is 0 Å². The van der Waals surface area contributed by atoms with E-state index >= 15 is 0 Å². The van der Waals surface area contributed by atoms with Crippen molar-refractivity contribution in [2.24, 2.45) is 0 Å². The monoisotopic (exact) mass is 301 g/mol. The van der Waals surface area contributed by atoms with Crippen molar-refractivity contribution in [3.63, 3.8) is 0 Å². The minimum absolute atomic E-state index is 0.129. The maximum absolute atomic E-state index is 12.1. The summed E-state index contributed by atoms with van der Waals surface area (Å²) < 4.78 is 41.0. The number of alkyl halides is 3. The molecule has 2 nitrogen and oxygen atoms in total. The number of halogens is 3. The maximum Gasteiger partial charge on any atom is 0.411 e. The number of hydrogen-bond donors (Lipinski definition) is 1. The molecule has 1 aromatic rings. The van der Waals surface area contributed by atoms with Crippen LogP contribution in [-0.2, 0) is 4.74 Å². The Labute approximate surface area is 123 Å². The Morgan fingerprint density at radius 2 is 1.90 bits per heavy atom. The van der Waals surface area contributed by atoms with Gasteiger partial charge in [0, 0.05) is 19.2 Å². The average Bonchev–Trinajstić information content (AvgIpc) is 3.22. The van der Waals surface area contributed by atoms with Crippen molar-refractivity contribution in [3.8, 4) is 0 Å². The zero-order valence-corrected chi connectivity index (χ0v) is 12.2. The van der Waals surface area contributed by atoms with Crippen molar-refractivity contribution < 1.29 is 17.9 Å². The molecule has 1 aromatic carbocycles. The molecule has 1 unspecified atom stereocenters. The van der Waals surface area contributed by atoms with Gasteiger partial charge in [0.15, 0.2) is 0 Å². The third-order valence-corrected chi connectivity index (χ3v) is 3.66. The van der Waals surface area contributed by atoms with E-state index < -0.39 is 12.8 Å². The highest BCUT2D eigenvalue weighted by Crippen LogP contribution is 2.24. The van der Waals surface area contributed by atoms with Gasteiger partial charge in [-0.25, -0.2) is 0 Å². The largest absolute Gasteiger partial charge is 0.411 e. The molecule has 1 atom stereocenters. The van der Waals surface area contributed by atoms with Crippen molar-refractivity contribution in [2.75, 3.05) is 19.8 Å². The molecule has 0 aromatic heterocycles. The van der Waals surface area contributed by atoms with Gasteiger partial charge in [0.2, 0.25) is 0 Å². The highest BCUT2D eigenvalue weighted by atomic mass is 19.4. The standard InChI is InChI=1S/C16H22F3NO/c1-12-2-4-13(5-3-12)14(10-20-15-6-7-15)8-9-21-11-16(17,18)19/h2-5,14-15,20H,6-11H2,1H3. The van der Waals surface area contributed by atoms with E-state index in [1.54, 1.807) is 0 Å². The number of ether oxygens (including phenoxy) is 1. The minimum atomic E-state index is -4.24. The van der Waals surface area contributed by atoms with Crippen LogP contribution in [0, 0.1) is 6.92 Å². The van der Waals surface area contributed by atoms with Crippen molar-refractivity contribution >= 4 is 0 Å². The van der Waals surface area contributed by atoms with Crippen LogP contribution in [0.1, 0.15) is 36.3 Å². The third-order valence-electron chi connectivity index (χ3n) is 3.66. The molecular weight excluding hydrogens is 279 g/mol. The van der Waals surface area contributed by atoms with Gasteiger partial charge in [-0.2, -0.15) is 13.2 Å². The molecule has 1 N–H and O–H groups in total. The molecule has 2 rings (SSSR count). The Morgan fingerprint density at radius 1 is 1.24 bits per heavy atom. The summed E-state index contributed by atoms with van der Waals surface area (Å²) in [5, 5.41) is 3.45. The van der Waals surface area contributed by atoms with Gasteiger partial charge in [-0.3, -0.25) is 0 Å². The summed E-state index contributed by atoms with van der Waals surface area (Å²) >= 11 is 0. The molecule has 1 aliphatic rings. The van der Waals surface area contributed by atoms with Crippen molar-refractivity contribution in [3.05, 3.63) is 35.4 Å². The zero-order chi connectivity index (χ0) is 15.3. The van der Waals surface area contributed by atoms with Crippen LogP contribution in [0.4, 0.5) is 13.2 Å². The first kappa shape index (κ1) is 16.3. The van der Waals surface area contributed by atoms with Gasteiger partial charge in [-0.1, -0.05) is 29.8 Å². The van der Waals surface area contributed by atoms with E-state index in [4.69, 9.17) is 4.74 Å². The summed E-state index contributed by atoms with van der Waals surface area (Å²) in [4.78, 5) is 0. The lowest BCUT2D eigenvalue weighted by atomic mass is 9.95. The van der Waals surface area contributed by atoms with Gasteiger partial charge in [-0.05, 0) is 37.7 Å². The second-order valence-electron chi connectivity index (χ2n) is 5.75. The molecule has 0 amide bonds. The first-order valence-corrected chi connectivity index (χ1v) is 7.38. The van der Waals surface area contributed by atoms with Crippen LogP contribution in [0.25, 0.3) is 0 Å². The fraction of sp³-hybridized carbons (Fsp3) is 0.625. The van der Waals surface area contributed by atoms with Gasteiger partial charge < -0.3 is 10.1 Å². The minimum Gasteiger partial charge on any atom is -0.372 e. The summed E-state index contributed by atoms with van der Waals surface area (Å²) in [6, 6.07) is 8.77. The number of aryl methyl sites for hydroxylation is 1. The molecule has 21 heavy (non-hydrogen) atoms. The third kappa shape index (κ3) is 6.48. The first-order valence-electron chi connectivity index (χ1n) is 7.38. The first-order chi connectivity index (χ1) is 9.94. The van der Waals surface area contributed by atoms with Crippen LogP contribution in [-0.4, -0.2) is 32.0 Å². The topological polar surface area (TPSA) is 21.3 Å². The van der Waals surface area contributed by atoms with Crippen molar-refractivity contribution in [2.45, 2.75) is 44.3 Å². The van der Waals surface area contributed by atoms with E-state index in [1.165, 1.54) is 18.4 Å². The Balaban J connectivity index is 1.83. The van der Waals surface area contributed by atoms with E-state index in [0.717, 1.165) is 12.1 Å². The summed E-state index contributed by atoms with van der Waals surface area (Å²) in [6.07, 6.45) is -1.25. The number of benzene rings is 1. The Hall–Kier alpha value is -1.07. The van der Waals surface area contributed by atoms with Gasteiger partial charge >= 0.3 is 6.18 Å². The highest BCUT2D eigenvalue weighted by Gasteiger charge is 2.27. The van der Waals surface area contributed by atoms with E-state index in [-0.39, 0.29) is 12.5 Å². The van der Waals surface area contributed by atoms with E-state index in [0.29, 0.717) is 12.5 Å². The quantitative estimate of drug-likeness (QED) is 0.737. The van der Waals surface area contributed by atoms with Crippen LogP contribution >= 0.6 is 0 Å². The molecule has 0 aliphatic heterocycles. The average molecular weight is 301 g/mol. The van der Waals surface area contributed by atoms with Gasteiger partial charge in [-0.15, -0.1) is 0 Å². The number of nitrogens with one attached hydrogen (secondary N) is 1. The van der Waals surface area contributed by atoms with Crippen molar-refractivity contribution in [1.82, 2.24) is 5.32 Å². The fourth-order valence-electron chi connectivity index (χ4n) is 2.24. The van der Waals surface area contributed by atoms with Crippen LogP contribution < -0.4 is 5.32 Å². The molecule has 0 saturated heterocycles. The van der Waals surface area contributed by atoms with E-state index in [2.05, 4.69) is 17.4 Å². The lowest BCUT2D eigenvalue weighted by Crippen LogP contribution is -2.25. The molecule has 0 spiro atoms. The molecule has 1 saturated carbocycles. The Morgan fingerprint density at radius 3 is 2.48 bits per heavy atom.